The number of hydrogen-bond acceptors (Lipinski definition) is 4. The fourth-order valence-corrected chi connectivity index (χ4v) is 2.68. The van der Waals surface area contributed by atoms with E-state index in [9.17, 15) is 9.59 Å². The van der Waals surface area contributed by atoms with Crippen LogP contribution in [0, 0.1) is 6.92 Å². The Morgan fingerprint density at radius 3 is 2.26 bits per heavy atom. The summed E-state index contributed by atoms with van der Waals surface area (Å²) < 4.78 is 0.901. The van der Waals surface area contributed by atoms with Crippen molar-refractivity contribution in [3.05, 3.63) is 58.1 Å². The number of carbonyl (C=O) groups is 2. The summed E-state index contributed by atoms with van der Waals surface area (Å²) in [7, 11) is 0. The minimum atomic E-state index is -0.305. The number of hydrazine groups is 1. The Hall–Kier alpha value is -2.28. The van der Waals surface area contributed by atoms with E-state index in [1.165, 1.54) is 16.2 Å². The summed E-state index contributed by atoms with van der Waals surface area (Å²) in [6.45, 7) is 2.82. The average Bonchev–Trinajstić information content (AvgIpc) is 3.04. The van der Waals surface area contributed by atoms with Crippen LogP contribution in [-0.2, 0) is 0 Å². The van der Waals surface area contributed by atoms with Crippen LogP contribution in [0.2, 0.25) is 0 Å². The maximum Gasteiger partial charge on any atom is 0.292 e. The molecule has 118 valence electrons. The summed E-state index contributed by atoms with van der Waals surface area (Å²) in [5.74, 6) is -0.496. The lowest BCUT2D eigenvalue weighted by Crippen LogP contribution is -2.45. The zero-order chi connectivity index (χ0) is 16.4. The van der Waals surface area contributed by atoms with E-state index in [1.807, 2.05) is 0 Å². The second-order valence-electron chi connectivity index (χ2n) is 5.26. The number of aromatic nitrogens is 2. The van der Waals surface area contributed by atoms with Gasteiger partial charge in [-0.15, -0.1) is 0 Å². The van der Waals surface area contributed by atoms with Crippen molar-refractivity contribution in [3.8, 4) is 0 Å². The molecule has 2 amide bonds. The molecule has 0 N–H and O–H groups in total. The van der Waals surface area contributed by atoms with Crippen LogP contribution < -0.4 is 0 Å². The van der Waals surface area contributed by atoms with Gasteiger partial charge in [-0.2, -0.15) is 0 Å². The van der Waals surface area contributed by atoms with Gasteiger partial charge in [0.15, 0.2) is 0 Å². The molecule has 7 heteroatoms. The van der Waals surface area contributed by atoms with Crippen LogP contribution >= 0.6 is 15.9 Å². The number of amides is 2. The Bertz CT molecular complexity index is 667. The lowest BCUT2D eigenvalue weighted by atomic mass is 10.2. The Morgan fingerprint density at radius 2 is 1.65 bits per heavy atom. The van der Waals surface area contributed by atoms with E-state index in [0.717, 1.165) is 16.6 Å². The minimum absolute atomic E-state index is 0.191. The quantitative estimate of drug-likeness (QED) is 0.809. The molecule has 2 heterocycles. The first-order chi connectivity index (χ1) is 11.1. The van der Waals surface area contributed by atoms with Crippen LogP contribution in [0.15, 0.2) is 41.1 Å². The van der Waals surface area contributed by atoms with Crippen LogP contribution in [0.3, 0.4) is 0 Å². The van der Waals surface area contributed by atoms with Gasteiger partial charge in [-0.25, -0.2) is 15.0 Å². The smallest absolute Gasteiger partial charge is 0.267 e. The summed E-state index contributed by atoms with van der Waals surface area (Å²) >= 11 is 3.34. The maximum atomic E-state index is 12.6. The molecule has 0 saturated carbocycles. The van der Waals surface area contributed by atoms with Gasteiger partial charge in [0.05, 0.1) is 11.9 Å². The molecule has 0 radical (unpaired) electrons. The summed E-state index contributed by atoms with van der Waals surface area (Å²) in [5.41, 5.74) is 1.53. The highest BCUT2D eigenvalue weighted by atomic mass is 79.9. The third-order valence-corrected chi connectivity index (χ3v) is 4.12. The topological polar surface area (TPSA) is 66.4 Å². The fourth-order valence-electron chi connectivity index (χ4n) is 2.41. The van der Waals surface area contributed by atoms with E-state index in [4.69, 9.17) is 0 Å². The number of carbonyl (C=O) groups excluding carboxylic acids is 2. The van der Waals surface area contributed by atoms with Crippen molar-refractivity contribution in [2.75, 3.05) is 13.1 Å². The maximum absolute atomic E-state index is 12.6. The second kappa shape index (κ2) is 6.45. The molecule has 1 aromatic carbocycles. The van der Waals surface area contributed by atoms with Crippen molar-refractivity contribution in [2.24, 2.45) is 0 Å². The molecule has 0 bridgehead atoms. The van der Waals surface area contributed by atoms with Crippen molar-refractivity contribution in [3.63, 3.8) is 0 Å². The van der Waals surface area contributed by atoms with Crippen molar-refractivity contribution >= 4 is 27.7 Å². The molecule has 6 nitrogen and oxygen atoms in total. The first-order valence-electron chi connectivity index (χ1n) is 7.24. The van der Waals surface area contributed by atoms with Gasteiger partial charge in [-0.1, -0.05) is 15.9 Å². The molecule has 0 aliphatic carbocycles. The predicted molar refractivity (Wildman–Crippen MR) is 87.6 cm³/mol. The molecule has 0 atom stereocenters. The van der Waals surface area contributed by atoms with Gasteiger partial charge >= 0.3 is 0 Å². The van der Waals surface area contributed by atoms with E-state index in [0.29, 0.717) is 18.7 Å². The summed E-state index contributed by atoms with van der Waals surface area (Å²) in [6, 6.07) is 7.08. The summed E-state index contributed by atoms with van der Waals surface area (Å²) in [4.78, 5) is 33.4. The van der Waals surface area contributed by atoms with Gasteiger partial charge in [0, 0.05) is 29.3 Å². The first-order valence-corrected chi connectivity index (χ1v) is 8.03. The number of rotatable bonds is 2. The first kappa shape index (κ1) is 15.6. The van der Waals surface area contributed by atoms with Crippen molar-refractivity contribution in [1.29, 1.82) is 0 Å². The van der Waals surface area contributed by atoms with Crippen molar-refractivity contribution < 1.29 is 9.59 Å². The molecule has 0 unspecified atom stereocenters. The standard InChI is InChI=1S/C16H15BrN4O2/c1-11-9-19-14(10-18-11)16(23)21-8-2-7-20(21)15(22)12-3-5-13(17)6-4-12/h3-6,9-10H,2,7-8H2,1H3. The van der Waals surface area contributed by atoms with Gasteiger partial charge in [0.1, 0.15) is 5.69 Å². The van der Waals surface area contributed by atoms with E-state index in [1.54, 1.807) is 37.4 Å². The fraction of sp³-hybridized carbons (Fsp3) is 0.250. The van der Waals surface area contributed by atoms with Crippen LogP contribution in [0.25, 0.3) is 0 Å². The molecule has 0 spiro atoms. The molecule has 1 aliphatic rings. The number of aryl methyl sites for hydroxylation is 1. The molecule has 3 rings (SSSR count). The molecule has 1 aliphatic heterocycles. The van der Waals surface area contributed by atoms with Crippen LogP contribution in [0.1, 0.15) is 33.0 Å². The lowest BCUT2D eigenvalue weighted by Gasteiger charge is -2.27. The van der Waals surface area contributed by atoms with Crippen LogP contribution in [0.5, 0.6) is 0 Å². The third kappa shape index (κ3) is 3.24. The van der Waals surface area contributed by atoms with Crippen molar-refractivity contribution in [1.82, 2.24) is 20.0 Å². The van der Waals surface area contributed by atoms with Gasteiger partial charge in [0.2, 0.25) is 0 Å². The predicted octanol–water partition coefficient (Wildman–Crippen LogP) is 2.45. The average molecular weight is 375 g/mol. The third-order valence-electron chi connectivity index (χ3n) is 3.59. The lowest BCUT2D eigenvalue weighted by molar-refractivity contribution is 0.0182. The summed E-state index contributed by atoms with van der Waals surface area (Å²) in [5, 5.41) is 2.93. The van der Waals surface area contributed by atoms with Crippen LogP contribution in [0.4, 0.5) is 0 Å². The van der Waals surface area contributed by atoms with Crippen LogP contribution in [-0.4, -0.2) is 44.9 Å². The minimum Gasteiger partial charge on any atom is -0.267 e. The molecule has 1 fully saturated rings. The normalized spacial score (nSPS) is 14.2. The zero-order valence-corrected chi connectivity index (χ0v) is 14.2. The molecule has 23 heavy (non-hydrogen) atoms. The SMILES string of the molecule is Cc1cnc(C(=O)N2CCCN2C(=O)c2ccc(Br)cc2)cn1. The Balaban J connectivity index is 1.82. The second-order valence-corrected chi connectivity index (χ2v) is 6.18. The molecular weight excluding hydrogens is 360 g/mol. The van der Waals surface area contributed by atoms with Gasteiger partial charge in [-0.05, 0) is 37.6 Å². The Kier molecular flexibility index (Phi) is 4.38. The van der Waals surface area contributed by atoms with E-state index in [-0.39, 0.29) is 17.5 Å². The number of benzene rings is 1. The number of halogens is 1. The van der Waals surface area contributed by atoms with Gasteiger partial charge < -0.3 is 0 Å². The zero-order valence-electron chi connectivity index (χ0n) is 12.6. The monoisotopic (exact) mass is 374 g/mol. The van der Waals surface area contributed by atoms with Gasteiger partial charge in [0.25, 0.3) is 11.8 Å². The highest BCUT2D eigenvalue weighted by Crippen LogP contribution is 2.19. The van der Waals surface area contributed by atoms with Gasteiger partial charge in [-0.3, -0.25) is 14.6 Å². The summed E-state index contributed by atoms with van der Waals surface area (Å²) in [6.07, 6.45) is 3.73. The Labute approximate surface area is 142 Å². The van der Waals surface area contributed by atoms with E-state index >= 15 is 0 Å². The molecular formula is C16H15BrN4O2. The number of nitrogens with zero attached hydrogens (tertiary/aromatic N) is 4. The highest BCUT2D eigenvalue weighted by Gasteiger charge is 2.32. The molecule has 2 aromatic rings. The van der Waals surface area contributed by atoms with E-state index in [2.05, 4.69) is 25.9 Å². The van der Waals surface area contributed by atoms with E-state index < -0.39 is 0 Å². The van der Waals surface area contributed by atoms with Crippen molar-refractivity contribution in [2.45, 2.75) is 13.3 Å². The highest BCUT2D eigenvalue weighted by molar-refractivity contribution is 9.10. The molecule has 1 saturated heterocycles. The molecule has 1 aromatic heterocycles. The largest absolute Gasteiger partial charge is 0.292 e. The Morgan fingerprint density at radius 1 is 1.00 bits per heavy atom. The number of hydrogen-bond donors (Lipinski definition) is 0.